The highest BCUT2D eigenvalue weighted by Gasteiger charge is 2.28. The third-order valence-electron chi connectivity index (χ3n) is 0. The van der Waals surface area contributed by atoms with Crippen molar-refractivity contribution in [1.82, 2.24) is 0 Å². The summed E-state index contributed by atoms with van der Waals surface area (Å²) in [5.41, 5.74) is 0. The van der Waals surface area contributed by atoms with Gasteiger partial charge in [0, 0.05) is 0 Å². The molecule has 2 nitrogen and oxygen atoms in total. The van der Waals surface area contributed by atoms with Gasteiger partial charge in [-0.15, -0.1) is 11.7 Å². The average molecular weight is 121 g/mol. The van der Waals surface area contributed by atoms with Crippen molar-refractivity contribution >= 4 is 10.7 Å². The van der Waals surface area contributed by atoms with E-state index >= 15 is 0 Å². The van der Waals surface area contributed by atoms with Crippen LogP contribution in [-0.2, 0) is 0 Å². The Hall–Kier alpha value is 0.0600. The summed E-state index contributed by atoms with van der Waals surface area (Å²) in [5, 5.41) is 6.97. The molecule has 0 aliphatic rings. The molecule has 0 saturated carbocycles. The van der Waals surface area contributed by atoms with Crippen molar-refractivity contribution < 1.29 is 11.7 Å². The van der Waals surface area contributed by atoms with E-state index in [0.717, 1.165) is 0 Å². The Balaban J connectivity index is 3.73. The first-order valence-electron chi connectivity index (χ1n) is 0.934. The van der Waals surface area contributed by atoms with Crippen molar-refractivity contribution in [1.29, 1.82) is 0 Å². The lowest BCUT2D eigenvalue weighted by molar-refractivity contribution is 0.594. The molecule has 0 saturated heterocycles. The highest BCUT2D eigenvalue weighted by molar-refractivity contribution is 8.34. The molecule has 0 heterocycles. The van der Waals surface area contributed by atoms with E-state index in [1.807, 2.05) is 0 Å². The van der Waals surface area contributed by atoms with Gasteiger partial charge in [0.1, 0.15) is 0 Å². The number of hydrogen-bond acceptors (Lipinski definition) is 2. The second-order valence-corrected chi connectivity index (χ2v) is 2.54. The Kier molecular flexibility index (Phi) is 0.832. The zero-order valence-corrected chi connectivity index (χ0v) is 3.51. The molecule has 41 valence electrons. The van der Waals surface area contributed by atoms with E-state index in [1.54, 1.807) is 0 Å². The maximum atomic E-state index is 10.7. The van der Waals surface area contributed by atoms with Crippen LogP contribution in [0.25, 0.3) is 0 Å². The number of hydrogen-bond donors (Lipinski definition) is 2. The first-order chi connectivity index (χ1) is 2.24. The monoisotopic (exact) mass is 121 g/mol. The summed E-state index contributed by atoms with van der Waals surface area (Å²) in [6.07, 6.45) is 0. The molecule has 0 fully saturated rings. The fourth-order valence-corrected chi connectivity index (χ4v) is 0. The molecule has 0 aromatic carbocycles. The maximum Gasteiger partial charge on any atom is 0.224 e. The van der Waals surface area contributed by atoms with E-state index in [2.05, 4.69) is 10.3 Å². The van der Waals surface area contributed by atoms with Crippen LogP contribution in [-0.4, -0.2) is 0 Å². The summed E-state index contributed by atoms with van der Waals surface area (Å²) in [6.45, 7) is 0. The third kappa shape index (κ3) is 10600. The first kappa shape index (κ1) is 6.06. The van der Waals surface area contributed by atoms with E-state index in [9.17, 15) is 11.7 Å². The molecule has 0 atom stereocenters. The van der Waals surface area contributed by atoms with E-state index in [1.165, 1.54) is 0 Å². The van der Waals surface area contributed by atoms with Crippen LogP contribution < -0.4 is 10.3 Å². The molecule has 4 N–H and O–H groups in total. The summed E-state index contributed by atoms with van der Waals surface area (Å²) in [6, 6.07) is 0. The van der Waals surface area contributed by atoms with Crippen molar-refractivity contribution in [2.75, 3.05) is 0 Å². The van der Waals surface area contributed by atoms with Gasteiger partial charge in [0.05, 0.1) is 0 Å². The fourth-order valence-electron chi connectivity index (χ4n) is 0. The quantitative estimate of drug-likeness (QED) is 0.496. The number of rotatable bonds is 0. The summed E-state index contributed by atoms with van der Waals surface area (Å²) in [5.74, 6) is 0. The van der Waals surface area contributed by atoms with Gasteiger partial charge in [0.15, 0.2) is 0 Å². The summed E-state index contributed by atoms with van der Waals surface area (Å²) in [7, 11) is -6.35. The van der Waals surface area contributed by atoms with Crippen LogP contribution in [0.5, 0.6) is 0 Å². The molecule has 0 unspecified atom stereocenters. The maximum absolute atomic E-state index is 10.7. The molecule has 6 heavy (non-hydrogen) atoms. The topological polar surface area (TPSA) is 52.0 Å². The second-order valence-electron chi connectivity index (χ2n) is 0.846. The minimum absolute atomic E-state index is 3.48. The molecule has 0 aromatic heterocycles. The predicted octanol–water partition coefficient (Wildman–Crippen LogP) is 0.728. The molecular formula is H4F3N2S. The largest absolute Gasteiger partial charge is 0.224 e. The van der Waals surface area contributed by atoms with Gasteiger partial charge in [-0.1, -0.05) is 0 Å². The lowest BCUT2D eigenvalue weighted by Crippen LogP contribution is -2.19. The smallest absolute Gasteiger partial charge is 0.221 e. The second kappa shape index (κ2) is 0.824. The van der Waals surface area contributed by atoms with Crippen LogP contribution in [0.15, 0.2) is 0 Å². The van der Waals surface area contributed by atoms with E-state index < -0.39 is 10.7 Å². The van der Waals surface area contributed by atoms with Gasteiger partial charge in [0.25, 0.3) is 0 Å². The SMILES string of the molecule is N[S](N)(F)(F)F. The molecular weight excluding hydrogens is 117 g/mol. The van der Waals surface area contributed by atoms with Gasteiger partial charge in [-0.05, 0) is 0 Å². The lowest BCUT2D eigenvalue weighted by Gasteiger charge is -2.21. The predicted molar refractivity (Wildman–Crippen MR) is 19.3 cm³/mol. The van der Waals surface area contributed by atoms with Crippen molar-refractivity contribution in [2.45, 2.75) is 0 Å². The van der Waals surface area contributed by atoms with Crippen LogP contribution in [0.2, 0.25) is 0 Å². The summed E-state index contributed by atoms with van der Waals surface area (Å²) >= 11 is 0. The van der Waals surface area contributed by atoms with Gasteiger partial charge in [-0.3, -0.25) is 0 Å². The van der Waals surface area contributed by atoms with Crippen molar-refractivity contribution in [3.63, 3.8) is 0 Å². The van der Waals surface area contributed by atoms with Gasteiger partial charge in [-0.25, -0.2) is 10.3 Å². The third-order valence-corrected chi connectivity index (χ3v) is 0. The van der Waals surface area contributed by atoms with Crippen molar-refractivity contribution in [3.8, 4) is 0 Å². The summed E-state index contributed by atoms with van der Waals surface area (Å²) in [4.78, 5) is 0. The van der Waals surface area contributed by atoms with Crippen molar-refractivity contribution in [3.05, 3.63) is 0 Å². The van der Waals surface area contributed by atoms with Gasteiger partial charge >= 0.3 is 0 Å². The van der Waals surface area contributed by atoms with Crippen LogP contribution in [0.4, 0.5) is 11.7 Å². The first-order valence-corrected chi connectivity index (χ1v) is 2.80. The molecule has 6 heteroatoms. The van der Waals surface area contributed by atoms with E-state index in [0.29, 0.717) is 0 Å². The molecule has 0 bridgehead atoms. The van der Waals surface area contributed by atoms with Gasteiger partial charge < -0.3 is 0 Å². The van der Waals surface area contributed by atoms with E-state index in [-0.39, 0.29) is 0 Å². The highest BCUT2D eigenvalue weighted by atomic mass is 32.4. The van der Waals surface area contributed by atoms with Crippen LogP contribution in [0.3, 0.4) is 0 Å². The standard InChI is InChI=1S/F3H4N2S/c1-6(2,3,4)5/h4-5H2. The lowest BCUT2D eigenvalue weighted by atomic mass is 13.9. The average Bonchev–Trinajstić information content (AvgIpc) is 0.650. The molecule has 0 amide bonds. The van der Waals surface area contributed by atoms with Crippen molar-refractivity contribution in [2.24, 2.45) is 10.3 Å². The molecule has 0 rings (SSSR count). The summed E-state index contributed by atoms with van der Waals surface area (Å²) < 4.78 is 32.1. The zero-order valence-electron chi connectivity index (χ0n) is 2.70. The Labute approximate surface area is 33.7 Å². The van der Waals surface area contributed by atoms with Crippen LogP contribution in [0, 0.1) is 0 Å². The highest BCUT2D eigenvalue weighted by Crippen LogP contribution is 2.59. The van der Waals surface area contributed by atoms with Gasteiger partial charge in [0.2, 0.25) is 10.7 Å². The number of nitrogens with two attached hydrogens (primary N) is 2. The van der Waals surface area contributed by atoms with E-state index in [4.69, 9.17) is 0 Å². The van der Waals surface area contributed by atoms with Gasteiger partial charge in [-0.2, -0.15) is 0 Å². The molecule has 0 aromatic rings. The zero-order chi connectivity index (χ0) is 5.45. The Morgan fingerprint density at radius 2 is 1.00 bits per heavy atom. The Bertz CT molecular complexity index is 42.0. The molecule has 1 radical (unpaired) electrons. The molecule has 0 aliphatic heterocycles. The molecule has 0 aliphatic carbocycles. The van der Waals surface area contributed by atoms with Crippen LogP contribution in [0.1, 0.15) is 0 Å². The minimum atomic E-state index is -6.35. The fraction of sp³-hybridized carbons (Fsp3) is 0. The molecule has 0 spiro atoms. The normalized spacial score (nSPS) is 19.2. The Morgan fingerprint density at radius 1 is 1.00 bits per heavy atom. The number of halogens is 3. The van der Waals surface area contributed by atoms with Crippen LogP contribution >= 0.6 is 10.7 Å². The Morgan fingerprint density at radius 3 is 1.00 bits per heavy atom. The minimum Gasteiger partial charge on any atom is -0.221 e.